The van der Waals surface area contributed by atoms with E-state index in [-0.39, 0.29) is 0 Å². The van der Waals surface area contributed by atoms with Gasteiger partial charge in [0.1, 0.15) is 17.1 Å². The summed E-state index contributed by atoms with van der Waals surface area (Å²) in [6.45, 7) is 0. The van der Waals surface area contributed by atoms with Crippen molar-refractivity contribution in [3.8, 4) is 11.5 Å². The van der Waals surface area contributed by atoms with Crippen LogP contribution in [0.2, 0.25) is 0 Å². The van der Waals surface area contributed by atoms with Crippen LogP contribution in [0.5, 0.6) is 11.5 Å². The Morgan fingerprint density at radius 1 is 1.25 bits per heavy atom. The summed E-state index contributed by atoms with van der Waals surface area (Å²) < 4.78 is 0. The average Bonchev–Trinajstić information content (AvgIpc) is 2.14. The molecule has 86 valence electrons. The third-order valence-electron chi connectivity index (χ3n) is 1.91. The number of carbonyl (C=O) groups excluding carboxylic acids is 1. The number of aliphatic hydroxyl groups excluding tert-OH is 1. The maximum Gasteiger partial charge on any atom is 0.339 e. The molecule has 0 aliphatic rings. The largest absolute Gasteiger partial charge is 0.508 e. The van der Waals surface area contributed by atoms with Crippen molar-refractivity contribution in [2.75, 3.05) is 0 Å². The molecule has 6 N–H and O–H groups in total. The molecule has 1 aromatic carbocycles. The zero-order valence-electron chi connectivity index (χ0n) is 7.91. The fraction of sp³-hybridized carbons (Fsp3) is 0.111. The highest BCUT2D eigenvalue weighted by Crippen LogP contribution is 2.31. The zero-order chi connectivity index (χ0) is 12.5. The summed E-state index contributed by atoms with van der Waals surface area (Å²) in [7, 11) is 0. The van der Waals surface area contributed by atoms with Gasteiger partial charge < -0.3 is 26.2 Å². The highest BCUT2D eigenvalue weighted by atomic mass is 16.4. The lowest BCUT2D eigenvalue weighted by atomic mass is 10.0. The van der Waals surface area contributed by atoms with Crippen molar-refractivity contribution in [1.82, 2.24) is 0 Å². The monoisotopic (exact) mass is 227 g/mol. The number of amides is 1. The number of rotatable bonds is 3. The van der Waals surface area contributed by atoms with Crippen LogP contribution in [-0.4, -0.2) is 32.3 Å². The first kappa shape index (κ1) is 11.8. The van der Waals surface area contributed by atoms with Crippen LogP contribution < -0.4 is 5.73 Å². The number of phenols is 2. The van der Waals surface area contributed by atoms with Crippen LogP contribution in [0.3, 0.4) is 0 Å². The lowest BCUT2D eigenvalue weighted by Crippen LogP contribution is -2.22. The summed E-state index contributed by atoms with van der Waals surface area (Å²) >= 11 is 0. The molecule has 0 bridgehead atoms. The molecule has 0 aliphatic carbocycles. The van der Waals surface area contributed by atoms with Gasteiger partial charge in [-0.1, -0.05) is 0 Å². The van der Waals surface area contributed by atoms with Gasteiger partial charge in [-0.3, -0.25) is 4.79 Å². The van der Waals surface area contributed by atoms with Gasteiger partial charge >= 0.3 is 5.97 Å². The molecule has 7 nitrogen and oxygen atoms in total. The molecule has 16 heavy (non-hydrogen) atoms. The first-order valence-corrected chi connectivity index (χ1v) is 4.11. The zero-order valence-corrected chi connectivity index (χ0v) is 7.91. The molecular formula is C9H9NO6. The number of nitrogens with two attached hydrogens (primary N) is 1. The number of carbonyl (C=O) groups is 2. The summed E-state index contributed by atoms with van der Waals surface area (Å²) in [5.41, 5.74) is 3.65. The van der Waals surface area contributed by atoms with E-state index in [1.165, 1.54) is 0 Å². The van der Waals surface area contributed by atoms with Crippen molar-refractivity contribution in [2.45, 2.75) is 6.10 Å². The molecule has 0 aliphatic heterocycles. The molecule has 1 unspecified atom stereocenters. The Bertz CT molecular complexity index is 456. The Kier molecular flexibility index (Phi) is 3.00. The third-order valence-corrected chi connectivity index (χ3v) is 1.91. The molecule has 7 heteroatoms. The summed E-state index contributed by atoms with van der Waals surface area (Å²) in [4.78, 5) is 21.5. The van der Waals surface area contributed by atoms with Crippen LogP contribution in [-0.2, 0) is 4.79 Å². The molecule has 0 aromatic heterocycles. The molecule has 0 fully saturated rings. The molecular weight excluding hydrogens is 218 g/mol. The van der Waals surface area contributed by atoms with E-state index in [0.717, 1.165) is 12.1 Å². The van der Waals surface area contributed by atoms with E-state index in [1.807, 2.05) is 0 Å². The molecule has 0 radical (unpaired) electrons. The van der Waals surface area contributed by atoms with E-state index in [9.17, 15) is 19.8 Å². The summed E-state index contributed by atoms with van der Waals surface area (Å²) in [6, 6.07) is 1.62. The summed E-state index contributed by atoms with van der Waals surface area (Å²) in [6.07, 6.45) is -1.91. The van der Waals surface area contributed by atoms with Gasteiger partial charge in [0.25, 0.3) is 5.91 Å². The molecule has 0 saturated carbocycles. The number of phenolic OH excluding ortho intramolecular Hbond substituents is 1. The molecule has 1 atom stereocenters. The number of primary amides is 1. The first-order chi connectivity index (χ1) is 7.34. The Morgan fingerprint density at radius 3 is 2.25 bits per heavy atom. The van der Waals surface area contributed by atoms with Gasteiger partial charge in [0.05, 0.1) is 0 Å². The Hall–Kier alpha value is -2.28. The number of carboxylic acids is 1. The van der Waals surface area contributed by atoms with Crippen LogP contribution in [0.1, 0.15) is 22.0 Å². The third kappa shape index (κ3) is 2.04. The first-order valence-electron chi connectivity index (χ1n) is 4.11. The quantitative estimate of drug-likeness (QED) is 0.463. The second-order valence-electron chi connectivity index (χ2n) is 3.04. The summed E-state index contributed by atoms with van der Waals surface area (Å²) in [5.74, 6) is -3.99. The molecule has 0 saturated heterocycles. The summed E-state index contributed by atoms with van der Waals surface area (Å²) in [5, 5.41) is 36.5. The fourth-order valence-electron chi connectivity index (χ4n) is 1.24. The van der Waals surface area contributed by atoms with Crippen molar-refractivity contribution in [3.63, 3.8) is 0 Å². The molecule has 1 amide bonds. The molecule has 0 spiro atoms. The Balaban J connectivity index is 3.46. The van der Waals surface area contributed by atoms with E-state index < -0.39 is 40.6 Å². The van der Waals surface area contributed by atoms with Gasteiger partial charge in [0.15, 0.2) is 6.10 Å². The normalized spacial score (nSPS) is 12.1. The van der Waals surface area contributed by atoms with E-state index >= 15 is 0 Å². The standard InChI is InChI=1S/C9H9NO6/c10-8(14)7(13)4-1-3(11)2-5(12)6(4)9(15)16/h1-2,7,11-13H,(H2,10,14)(H,15,16). The Labute approximate surface area is 89.4 Å². The highest BCUT2D eigenvalue weighted by molar-refractivity contribution is 5.95. The van der Waals surface area contributed by atoms with Gasteiger partial charge in [-0.15, -0.1) is 0 Å². The number of aliphatic hydroxyl groups is 1. The second-order valence-corrected chi connectivity index (χ2v) is 3.04. The van der Waals surface area contributed by atoms with Gasteiger partial charge in [0, 0.05) is 11.6 Å². The van der Waals surface area contributed by atoms with E-state index in [4.69, 9.17) is 15.9 Å². The predicted octanol–water partition coefficient (Wildman–Crippen LogP) is -0.685. The number of hydrogen-bond acceptors (Lipinski definition) is 5. The van der Waals surface area contributed by atoms with Crippen molar-refractivity contribution in [2.24, 2.45) is 5.73 Å². The lowest BCUT2D eigenvalue weighted by molar-refractivity contribution is -0.126. The van der Waals surface area contributed by atoms with Crippen molar-refractivity contribution < 1.29 is 30.0 Å². The maximum absolute atomic E-state index is 10.8. The second kappa shape index (κ2) is 4.07. The van der Waals surface area contributed by atoms with Crippen LogP contribution in [0.4, 0.5) is 0 Å². The maximum atomic E-state index is 10.8. The number of aromatic carboxylic acids is 1. The number of carboxylic acid groups (broad SMARTS) is 1. The van der Waals surface area contributed by atoms with Crippen LogP contribution >= 0.6 is 0 Å². The predicted molar refractivity (Wildman–Crippen MR) is 50.9 cm³/mol. The van der Waals surface area contributed by atoms with Gasteiger partial charge in [0.2, 0.25) is 0 Å². The van der Waals surface area contributed by atoms with Crippen molar-refractivity contribution >= 4 is 11.9 Å². The topological polar surface area (TPSA) is 141 Å². The minimum Gasteiger partial charge on any atom is -0.508 e. The Morgan fingerprint density at radius 2 is 1.81 bits per heavy atom. The van der Waals surface area contributed by atoms with Crippen LogP contribution in [0, 0.1) is 0 Å². The molecule has 1 rings (SSSR count). The van der Waals surface area contributed by atoms with Gasteiger partial charge in [-0.2, -0.15) is 0 Å². The van der Waals surface area contributed by atoms with E-state index in [2.05, 4.69) is 0 Å². The van der Waals surface area contributed by atoms with E-state index in [1.54, 1.807) is 0 Å². The van der Waals surface area contributed by atoms with Crippen molar-refractivity contribution in [3.05, 3.63) is 23.3 Å². The average molecular weight is 227 g/mol. The SMILES string of the molecule is NC(=O)C(O)c1cc(O)cc(O)c1C(=O)O. The fourth-order valence-corrected chi connectivity index (χ4v) is 1.24. The lowest BCUT2D eigenvalue weighted by Gasteiger charge is -2.12. The smallest absolute Gasteiger partial charge is 0.339 e. The number of benzene rings is 1. The van der Waals surface area contributed by atoms with Gasteiger partial charge in [-0.25, -0.2) is 4.79 Å². The minimum atomic E-state index is -1.91. The molecule has 0 heterocycles. The van der Waals surface area contributed by atoms with Crippen LogP contribution in [0.15, 0.2) is 12.1 Å². The van der Waals surface area contributed by atoms with Crippen LogP contribution in [0.25, 0.3) is 0 Å². The molecule has 1 aromatic rings. The highest BCUT2D eigenvalue weighted by Gasteiger charge is 2.25. The minimum absolute atomic E-state index is 0.461. The van der Waals surface area contributed by atoms with E-state index in [0.29, 0.717) is 0 Å². The van der Waals surface area contributed by atoms with Gasteiger partial charge in [-0.05, 0) is 6.07 Å². The number of aromatic hydroxyl groups is 2. The van der Waals surface area contributed by atoms with Crippen molar-refractivity contribution in [1.29, 1.82) is 0 Å². The number of hydrogen-bond donors (Lipinski definition) is 5.